The van der Waals surface area contributed by atoms with E-state index in [2.05, 4.69) is 13.8 Å². The zero-order valence-electron chi connectivity index (χ0n) is 13.3. The third-order valence-corrected chi connectivity index (χ3v) is 3.81. The lowest BCUT2D eigenvalue weighted by atomic mass is 9.89. The second-order valence-electron chi connectivity index (χ2n) is 5.36. The van der Waals surface area contributed by atoms with Crippen molar-refractivity contribution in [3.63, 3.8) is 0 Å². The summed E-state index contributed by atoms with van der Waals surface area (Å²) < 4.78 is 5.29. The molecule has 0 amide bonds. The Morgan fingerprint density at radius 1 is 1.38 bits per heavy atom. The maximum absolute atomic E-state index is 10.7. The van der Waals surface area contributed by atoms with Crippen LogP contribution in [0.25, 0.3) is 6.08 Å². The normalized spacial score (nSPS) is 12.5. The Kier molecular flexibility index (Phi) is 7.59. The molecule has 3 nitrogen and oxygen atoms in total. The molecule has 1 aromatic carbocycles. The molecule has 0 heterocycles. The average Bonchev–Trinajstić information content (AvgIpc) is 2.49. The second kappa shape index (κ2) is 9.22. The summed E-state index contributed by atoms with van der Waals surface area (Å²) >= 11 is 0. The highest BCUT2D eigenvalue weighted by molar-refractivity contribution is 5.85. The van der Waals surface area contributed by atoms with Gasteiger partial charge in [0, 0.05) is 6.08 Å². The molecule has 21 heavy (non-hydrogen) atoms. The van der Waals surface area contributed by atoms with E-state index in [0.29, 0.717) is 5.92 Å². The second-order valence-corrected chi connectivity index (χ2v) is 5.36. The first-order chi connectivity index (χ1) is 10.1. The van der Waals surface area contributed by atoms with Crippen LogP contribution in [-0.4, -0.2) is 18.2 Å². The minimum absolute atomic E-state index is 0.633. The van der Waals surface area contributed by atoms with Gasteiger partial charge >= 0.3 is 5.97 Å². The molecule has 1 atom stereocenters. The minimum Gasteiger partial charge on any atom is -0.497 e. The van der Waals surface area contributed by atoms with E-state index < -0.39 is 5.97 Å². The smallest absolute Gasteiger partial charge is 0.328 e. The van der Waals surface area contributed by atoms with Crippen molar-refractivity contribution in [2.24, 2.45) is 5.92 Å². The lowest BCUT2D eigenvalue weighted by Crippen LogP contribution is -2.05. The molecule has 0 spiro atoms. The number of benzene rings is 1. The van der Waals surface area contributed by atoms with Crippen molar-refractivity contribution >= 4 is 12.0 Å². The van der Waals surface area contributed by atoms with Crippen LogP contribution in [0.4, 0.5) is 0 Å². The Morgan fingerprint density at radius 2 is 2.14 bits per heavy atom. The van der Waals surface area contributed by atoms with Crippen molar-refractivity contribution in [2.75, 3.05) is 7.11 Å². The van der Waals surface area contributed by atoms with Crippen LogP contribution >= 0.6 is 0 Å². The molecule has 1 rings (SSSR count). The van der Waals surface area contributed by atoms with Crippen molar-refractivity contribution in [3.8, 4) is 5.75 Å². The van der Waals surface area contributed by atoms with Crippen molar-refractivity contribution in [3.05, 3.63) is 35.4 Å². The van der Waals surface area contributed by atoms with Gasteiger partial charge in [0.2, 0.25) is 0 Å². The number of rotatable bonds is 9. The predicted octanol–water partition coefficient (Wildman–Crippen LogP) is 4.55. The van der Waals surface area contributed by atoms with Crippen LogP contribution in [0.3, 0.4) is 0 Å². The van der Waals surface area contributed by atoms with Crippen LogP contribution in [0.2, 0.25) is 0 Å². The van der Waals surface area contributed by atoms with E-state index in [9.17, 15) is 4.79 Å². The first kappa shape index (κ1) is 17.3. The Hall–Kier alpha value is -1.77. The highest BCUT2D eigenvalue weighted by Crippen LogP contribution is 2.25. The largest absolute Gasteiger partial charge is 0.497 e. The third-order valence-electron chi connectivity index (χ3n) is 3.81. The quantitative estimate of drug-likeness (QED) is 0.678. The number of hydrogen-bond acceptors (Lipinski definition) is 2. The van der Waals surface area contributed by atoms with E-state index >= 15 is 0 Å². The molecule has 3 heteroatoms. The maximum Gasteiger partial charge on any atom is 0.328 e. The van der Waals surface area contributed by atoms with Crippen LogP contribution in [0.15, 0.2) is 24.3 Å². The monoisotopic (exact) mass is 290 g/mol. The van der Waals surface area contributed by atoms with Gasteiger partial charge in [0.25, 0.3) is 0 Å². The fraction of sp³-hybridized carbons (Fsp3) is 0.500. The number of hydrogen-bond donors (Lipinski definition) is 1. The maximum atomic E-state index is 10.7. The van der Waals surface area contributed by atoms with Crippen LogP contribution < -0.4 is 4.74 Å². The van der Waals surface area contributed by atoms with Gasteiger partial charge in [-0.2, -0.15) is 0 Å². The lowest BCUT2D eigenvalue weighted by Gasteiger charge is -2.17. The summed E-state index contributed by atoms with van der Waals surface area (Å²) in [6.45, 7) is 4.42. The van der Waals surface area contributed by atoms with Crippen LogP contribution in [0, 0.1) is 5.92 Å². The molecule has 1 aromatic rings. The summed E-state index contributed by atoms with van der Waals surface area (Å²) in [5.74, 6) is 0.534. The topological polar surface area (TPSA) is 46.5 Å². The zero-order chi connectivity index (χ0) is 15.7. The van der Waals surface area contributed by atoms with E-state index in [0.717, 1.165) is 29.7 Å². The molecular weight excluding hydrogens is 264 g/mol. The predicted molar refractivity (Wildman–Crippen MR) is 86.7 cm³/mol. The molecule has 0 aliphatic heterocycles. The Morgan fingerprint density at radius 3 is 2.71 bits per heavy atom. The zero-order valence-corrected chi connectivity index (χ0v) is 13.3. The summed E-state index contributed by atoms with van der Waals surface area (Å²) in [4.78, 5) is 10.7. The molecule has 116 valence electrons. The van der Waals surface area contributed by atoms with Gasteiger partial charge in [-0.15, -0.1) is 0 Å². The first-order valence-corrected chi connectivity index (χ1v) is 7.68. The summed E-state index contributed by atoms with van der Waals surface area (Å²) in [6.07, 6.45) is 8.63. The fourth-order valence-electron chi connectivity index (χ4n) is 2.46. The number of methoxy groups -OCH3 is 1. The number of ether oxygens (including phenoxy) is 1. The Bertz CT molecular complexity index is 477. The van der Waals surface area contributed by atoms with Crippen LogP contribution in [-0.2, 0) is 11.2 Å². The van der Waals surface area contributed by atoms with Crippen molar-refractivity contribution in [1.29, 1.82) is 0 Å². The standard InChI is InChI=1S/C18H26O3/c1-4-6-7-14(5-2)12-16-13-17(21-3)10-8-15(16)9-11-18(19)20/h8-11,13-14H,4-7,12H2,1-3H3,(H,19,20). The highest BCUT2D eigenvalue weighted by Gasteiger charge is 2.11. The Balaban J connectivity index is 2.96. The first-order valence-electron chi connectivity index (χ1n) is 7.68. The SMILES string of the molecule is CCCCC(CC)Cc1cc(OC)ccc1C=CC(=O)O. The minimum atomic E-state index is -0.921. The molecule has 1 unspecified atom stereocenters. The van der Waals surface area contributed by atoms with Gasteiger partial charge in [-0.05, 0) is 41.7 Å². The molecule has 1 N–H and O–H groups in total. The van der Waals surface area contributed by atoms with Crippen molar-refractivity contribution in [2.45, 2.75) is 46.0 Å². The van der Waals surface area contributed by atoms with Crippen molar-refractivity contribution in [1.82, 2.24) is 0 Å². The van der Waals surface area contributed by atoms with E-state index in [-0.39, 0.29) is 0 Å². The molecule has 0 aromatic heterocycles. The summed E-state index contributed by atoms with van der Waals surface area (Å²) in [7, 11) is 1.65. The summed E-state index contributed by atoms with van der Waals surface area (Å²) in [5.41, 5.74) is 2.13. The van der Waals surface area contributed by atoms with Gasteiger partial charge in [0.1, 0.15) is 5.75 Å². The van der Waals surface area contributed by atoms with Gasteiger partial charge in [-0.25, -0.2) is 4.79 Å². The van der Waals surface area contributed by atoms with Crippen LogP contribution in [0.1, 0.15) is 50.7 Å². The molecule has 0 aliphatic rings. The third kappa shape index (κ3) is 6.03. The number of unbranched alkanes of at least 4 members (excludes halogenated alkanes) is 1. The summed E-state index contributed by atoms with van der Waals surface area (Å²) in [6, 6.07) is 5.83. The molecule has 0 saturated heterocycles. The van der Waals surface area contributed by atoms with E-state index in [1.54, 1.807) is 13.2 Å². The number of carboxylic acid groups (broad SMARTS) is 1. The molecule has 0 radical (unpaired) electrons. The van der Waals surface area contributed by atoms with Gasteiger partial charge < -0.3 is 9.84 Å². The highest BCUT2D eigenvalue weighted by atomic mass is 16.5. The van der Waals surface area contributed by atoms with Gasteiger partial charge in [-0.1, -0.05) is 45.6 Å². The fourth-order valence-corrected chi connectivity index (χ4v) is 2.46. The van der Waals surface area contributed by atoms with Crippen LogP contribution in [0.5, 0.6) is 5.75 Å². The molecule has 0 saturated carbocycles. The average molecular weight is 290 g/mol. The van der Waals surface area contributed by atoms with E-state index in [4.69, 9.17) is 9.84 Å². The molecular formula is C18H26O3. The van der Waals surface area contributed by atoms with Gasteiger partial charge in [0.15, 0.2) is 0 Å². The van der Waals surface area contributed by atoms with E-state index in [1.807, 2.05) is 18.2 Å². The number of aliphatic carboxylic acids is 1. The lowest BCUT2D eigenvalue weighted by molar-refractivity contribution is -0.131. The summed E-state index contributed by atoms with van der Waals surface area (Å²) in [5, 5.41) is 8.80. The molecule has 0 aliphatic carbocycles. The van der Waals surface area contributed by atoms with Gasteiger partial charge in [-0.3, -0.25) is 0 Å². The molecule has 0 bridgehead atoms. The van der Waals surface area contributed by atoms with Crippen molar-refractivity contribution < 1.29 is 14.6 Å². The van der Waals surface area contributed by atoms with Gasteiger partial charge in [0.05, 0.1) is 7.11 Å². The number of carboxylic acids is 1. The van der Waals surface area contributed by atoms with E-state index in [1.165, 1.54) is 25.3 Å². The number of carbonyl (C=O) groups is 1. The Labute approximate surface area is 127 Å². The molecule has 0 fully saturated rings.